The number of nitrogens with one attached hydrogen (secondary N) is 1. The SMILES string of the molecule is CC(NC(=O)C(C)N(C)CC(C)(C)O)c1ccc(F)cc1. The van der Waals surface area contributed by atoms with Crippen molar-refractivity contribution in [3.8, 4) is 0 Å². The van der Waals surface area contributed by atoms with Crippen LogP contribution in [0, 0.1) is 5.82 Å². The summed E-state index contributed by atoms with van der Waals surface area (Å²) in [6.45, 7) is 7.45. The molecule has 1 amide bonds. The standard InChI is InChI=1S/C16H25FN2O2/c1-11(13-6-8-14(17)9-7-13)18-15(20)12(2)19(5)10-16(3,4)21/h6-9,11-12,21H,10H2,1-5H3,(H,18,20). The third-order valence-corrected chi connectivity index (χ3v) is 3.41. The summed E-state index contributed by atoms with van der Waals surface area (Å²) in [5.74, 6) is -0.422. The molecular formula is C16H25FN2O2. The van der Waals surface area contributed by atoms with E-state index < -0.39 is 5.60 Å². The number of amides is 1. The predicted molar refractivity (Wildman–Crippen MR) is 81.3 cm³/mol. The fourth-order valence-electron chi connectivity index (χ4n) is 2.12. The summed E-state index contributed by atoms with van der Waals surface area (Å²) in [4.78, 5) is 14.0. The molecule has 0 saturated carbocycles. The highest BCUT2D eigenvalue weighted by molar-refractivity contribution is 5.81. The van der Waals surface area contributed by atoms with E-state index in [1.54, 1.807) is 44.9 Å². The molecule has 4 nitrogen and oxygen atoms in total. The van der Waals surface area contributed by atoms with Gasteiger partial charge in [0, 0.05) is 6.54 Å². The van der Waals surface area contributed by atoms with Crippen molar-refractivity contribution in [3.05, 3.63) is 35.6 Å². The summed E-state index contributed by atoms with van der Waals surface area (Å²) in [6, 6.07) is 5.51. The maximum Gasteiger partial charge on any atom is 0.237 e. The first-order chi connectivity index (χ1) is 9.60. The molecule has 1 aromatic rings. The molecule has 0 aliphatic carbocycles. The molecule has 0 fully saturated rings. The van der Waals surface area contributed by atoms with E-state index in [4.69, 9.17) is 0 Å². The highest BCUT2D eigenvalue weighted by Gasteiger charge is 2.24. The lowest BCUT2D eigenvalue weighted by Gasteiger charge is -2.30. The second-order valence-corrected chi connectivity index (χ2v) is 6.19. The zero-order valence-electron chi connectivity index (χ0n) is 13.4. The average molecular weight is 296 g/mol. The molecule has 0 aromatic heterocycles. The molecule has 1 rings (SSSR count). The number of halogens is 1. The van der Waals surface area contributed by atoms with Gasteiger partial charge in [0.05, 0.1) is 17.7 Å². The molecule has 0 heterocycles. The summed E-state index contributed by atoms with van der Waals surface area (Å²) in [5.41, 5.74) is -0.00614. The first-order valence-electron chi connectivity index (χ1n) is 7.08. The Morgan fingerprint density at radius 1 is 1.33 bits per heavy atom. The Labute approximate surface area is 126 Å². The van der Waals surface area contributed by atoms with Crippen LogP contribution in [0.3, 0.4) is 0 Å². The van der Waals surface area contributed by atoms with Gasteiger partial charge in [-0.3, -0.25) is 9.69 Å². The molecule has 0 radical (unpaired) electrons. The van der Waals surface area contributed by atoms with Crippen LogP contribution in [0.5, 0.6) is 0 Å². The van der Waals surface area contributed by atoms with E-state index in [9.17, 15) is 14.3 Å². The Kier molecular flexibility index (Phi) is 5.87. The molecule has 21 heavy (non-hydrogen) atoms. The predicted octanol–water partition coefficient (Wildman–Crippen LogP) is 2.09. The second kappa shape index (κ2) is 7.00. The summed E-state index contributed by atoms with van der Waals surface area (Å²) < 4.78 is 12.9. The fourth-order valence-corrected chi connectivity index (χ4v) is 2.12. The van der Waals surface area contributed by atoms with E-state index in [1.807, 2.05) is 6.92 Å². The van der Waals surface area contributed by atoms with E-state index in [-0.39, 0.29) is 23.8 Å². The average Bonchev–Trinajstić information content (AvgIpc) is 2.36. The molecule has 1 aromatic carbocycles. The van der Waals surface area contributed by atoms with Crippen LogP contribution >= 0.6 is 0 Å². The van der Waals surface area contributed by atoms with Gasteiger partial charge < -0.3 is 10.4 Å². The third-order valence-electron chi connectivity index (χ3n) is 3.41. The Morgan fingerprint density at radius 2 is 1.86 bits per heavy atom. The number of rotatable bonds is 6. The van der Waals surface area contributed by atoms with Gasteiger partial charge in [-0.15, -0.1) is 0 Å². The van der Waals surface area contributed by atoms with Crippen molar-refractivity contribution in [1.29, 1.82) is 0 Å². The Hall–Kier alpha value is -1.46. The number of nitrogens with zero attached hydrogens (tertiary/aromatic N) is 1. The zero-order valence-corrected chi connectivity index (χ0v) is 13.4. The lowest BCUT2D eigenvalue weighted by atomic mass is 10.1. The van der Waals surface area contributed by atoms with Crippen LogP contribution in [0.2, 0.25) is 0 Å². The number of hydrogen-bond acceptors (Lipinski definition) is 3. The highest BCUT2D eigenvalue weighted by atomic mass is 19.1. The van der Waals surface area contributed by atoms with E-state index >= 15 is 0 Å². The van der Waals surface area contributed by atoms with Crippen molar-refractivity contribution < 1.29 is 14.3 Å². The topological polar surface area (TPSA) is 52.6 Å². The van der Waals surface area contributed by atoms with E-state index in [2.05, 4.69) is 5.32 Å². The van der Waals surface area contributed by atoms with Crippen molar-refractivity contribution in [3.63, 3.8) is 0 Å². The lowest BCUT2D eigenvalue weighted by Crippen LogP contribution is -2.48. The molecule has 118 valence electrons. The summed E-state index contributed by atoms with van der Waals surface area (Å²) >= 11 is 0. The first-order valence-corrected chi connectivity index (χ1v) is 7.08. The summed E-state index contributed by atoms with van der Waals surface area (Å²) in [7, 11) is 1.80. The van der Waals surface area contributed by atoms with Crippen molar-refractivity contribution in [2.45, 2.75) is 45.4 Å². The maximum atomic E-state index is 12.9. The molecule has 5 heteroatoms. The summed E-state index contributed by atoms with van der Waals surface area (Å²) in [6.07, 6.45) is 0. The van der Waals surface area contributed by atoms with Crippen molar-refractivity contribution in [2.24, 2.45) is 0 Å². The molecular weight excluding hydrogens is 271 g/mol. The van der Waals surface area contributed by atoms with Gasteiger partial charge in [-0.25, -0.2) is 4.39 Å². The van der Waals surface area contributed by atoms with Crippen LogP contribution in [0.1, 0.15) is 39.3 Å². The van der Waals surface area contributed by atoms with Crippen LogP contribution in [0.25, 0.3) is 0 Å². The van der Waals surface area contributed by atoms with Crippen molar-refractivity contribution >= 4 is 5.91 Å². The molecule has 0 aliphatic rings. The normalized spacial score (nSPS) is 14.9. The molecule has 2 unspecified atom stereocenters. The van der Waals surface area contributed by atoms with Crippen LogP contribution in [-0.2, 0) is 4.79 Å². The molecule has 0 saturated heterocycles. The minimum atomic E-state index is -0.855. The number of hydrogen-bond donors (Lipinski definition) is 2. The van der Waals surface area contributed by atoms with E-state index in [0.29, 0.717) is 6.54 Å². The molecule has 0 aliphatic heterocycles. The Bertz CT molecular complexity index is 468. The summed E-state index contributed by atoms with van der Waals surface area (Å²) in [5, 5.41) is 12.7. The zero-order chi connectivity index (χ0) is 16.2. The molecule has 0 bridgehead atoms. The van der Waals surface area contributed by atoms with E-state index in [0.717, 1.165) is 5.56 Å². The third kappa shape index (κ3) is 5.81. The van der Waals surface area contributed by atoms with Crippen LogP contribution in [-0.4, -0.2) is 41.1 Å². The highest BCUT2D eigenvalue weighted by Crippen LogP contribution is 2.14. The van der Waals surface area contributed by atoms with E-state index in [1.165, 1.54) is 12.1 Å². The van der Waals surface area contributed by atoms with Gasteiger partial charge in [-0.1, -0.05) is 12.1 Å². The number of likely N-dealkylation sites (N-methyl/N-ethyl adjacent to an activating group) is 1. The lowest BCUT2D eigenvalue weighted by molar-refractivity contribution is -0.126. The Balaban J connectivity index is 2.61. The van der Waals surface area contributed by atoms with Gasteiger partial charge in [-0.2, -0.15) is 0 Å². The molecule has 2 N–H and O–H groups in total. The largest absolute Gasteiger partial charge is 0.389 e. The minimum Gasteiger partial charge on any atom is -0.389 e. The monoisotopic (exact) mass is 296 g/mol. The van der Waals surface area contributed by atoms with Gasteiger partial charge in [0.1, 0.15) is 5.82 Å². The van der Waals surface area contributed by atoms with Crippen molar-refractivity contribution in [2.75, 3.05) is 13.6 Å². The van der Waals surface area contributed by atoms with Crippen LogP contribution in [0.4, 0.5) is 4.39 Å². The van der Waals surface area contributed by atoms with Gasteiger partial charge in [0.15, 0.2) is 0 Å². The minimum absolute atomic E-state index is 0.126. The number of benzene rings is 1. The Morgan fingerprint density at radius 3 is 2.33 bits per heavy atom. The first kappa shape index (κ1) is 17.6. The molecule has 0 spiro atoms. The number of aliphatic hydroxyl groups is 1. The van der Waals surface area contributed by atoms with Gasteiger partial charge in [0.2, 0.25) is 5.91 Å². The fraction of sp³-hybridized carbons (Fsp3) is 0.562. The van der Waals surface area contributed by atoms with Crippen LogP contribution in [0.15, 0.2) is 24.3 Å². The van der Waals surface area contributed by atoms with Crippen molar-refractivity contribution in [1.82, 2.24) is 10.2 Å². The number of carbonyl (C=O) groups excluding carboxylic acids is 1. The maximum absolute atomic E-state index is 12.9. The van der Waals surface area contributed by atoms with Gasteiger partial charge in [0.25, 0.3) is 0 Å². The number of carbonyl (C=O) groups is 1. The van der Waals surface area contributed by atoms with Crippen LogP contribution < -0.4 is 5.32 Å². The smallest absolute Gasteiger partial charge is 0.237 e. The quantitative estimate of drug-likeness (QED) is 0.845. The van der Waals surface area contributed by atoms with Gasteiger partial charge >= 0.3 is 0 Å². The molecule has 2 atom stereocenters. The second-order valence-electron chi connectivity index (χ2n) is 6.19. The van der Waals surface area contributed by atoms with Gasteiger partial charge in [-0.05, 0) is 52.4 Å².